The predicted molar refractivity (Wildman–Crippen MR) is 106 cm³/mol. The van der Waals surface area contributed by atoms with Gasteiger partial charge in [-0.25, -0.2) is 0 Å². The molecule has 24 heavy (non-hydrogen) atoms. The zero-order valence-corrected chi connectivity index (χ0v) is 15.8. The third-order valence-corrected chi connectivity index (χ3v) is 5.10. The third kappa shape index (κ3) is 23.1. The molecule has 4 nitrogen and oxygen atoms in total. The van der Waals surface area contributed by atoms with Gasteiger partial charge >= 0.3 is 37.7 Å². The first-order valence-electron chi connectivity index (χ1n) is 9.59. The van der Waals surface area contributed by atoms with Crippen LogP contribution in [0.25, 0.3) is 0 Å². The van der Waals surface area contributed by atoms with Crippen LogP contribution in [-0.2, 0) is 10.1 Å². The summed E-state index contributed by atoms with van der Waals surface area (Å²) in [4.78, 5) is 0. The van der Waals surface area contributed by atoms with Gasteiger partial charge in [0.05, 0.1) is 11.9 Å². The average Bonchev–Trinajstić information content (AvgIpc) is 2.49. The van der Waals surface area contributed by atoms with Gasteiger partial charge in [0.15, 0.2) is 0 Å². The van der Waals surface area contributed by atoms with Gasteiger partial charge in [-0.3, -0.25) is 4.55 Å². The van der Waals surface area contributed by atoms with Gasteiger partial charge in [0, 0.05) is 0 Å². The van der Waals surface area contributed by atoms with Gasteiger partial charge in [-0.05, 0) is 12.8 Å². The Hall–Kier alpha value is 1.13. The van der Waals surface area contributed by atoms with Gasteiger partial charge in [-0.15, -0.1) is 0 Å². The Bertz CT molecular complexity index is 347. The van der Waals surface area contributed by atoms with E-state index in [4.69, 9.17) is 4.55 Å². The predicted octanol–water partition coefficient (Wildman–Crippen LogP) is 4.19. The molecule has 0 aromatic rings. The molecule has 0 heterocycles. The number of unbranched alkanes of at least 4 members (excludes halogenated alkanes) is 12. The fourth-order valence-electron chi connectivity index (χ4n) is 2.83. The summed E-state index contributed by atoms with van der Waals surface area (Å²) in [6, 6.07) is 0. The summed E-state index contributed by atoms with van der Waals surface area (Å²) in [5, 5.41) is 9.61. The van der Waals surface area contributed by atoms with Gasteiger partial charge < -0.3 is 5.11 Å². The SMILES string of the molecule is CCCCCCCCCCCCCCCC(O)CCS(=O)(=O)O.[CaH2]. The molecule has 0 saturated carbocycles. The van der Waals surface area contributed by atoms with Crippen molar-refractivity contribution in [3.05, 3.63) is 0 Å². The van der Waals surface area contributed by atoms with E-state index in [1.807, 2.05) is 0 Å². The zero-order chi connectivity index (χ0) is 17.4. The summed E-state index contributed by atoms with van der Waals surface area (Å²) in [7, 11) is -3.94. The number of hydrogen-bond donors (Lipinski definition) is 2. The van der Waals surface area contributed by atoms with Crippen LogP contribution in [0.3, 0.4) is 0 Å². The Balaban J connectivity index is 0. The summed E-state index contributed by atoms with van der Waals surface area (Å²) in [5.74, 6) is -0.341. The van der Waals surface area contributed by atoms with E-state index in [-0.39, 0.29) is 49.9 Å². The topological polar surface area (TPSA) is 74.6 Å². The van der Waals surface area contributed by atoms with Crippen LogP contribution in [0.5, 0.6) is 0 Å². The van der Waals surface area contributed by atoms with E-state index in [1.54, 1.807) is 0 Å². The quantitative estimate of drug-likeness (QED) is 0.221. The molecule has 0 fully saturated rings. The maximum atomic E-state index is 10.6. The molecular formula is C18H40CaO4S. The third-order valence-electron chi connectivity index (χ3n) is 4.35. The second kappa shape index (κ2) is 18.9. The van der Waals surface area contributed by atoms with Gasteiger partial charge in [0.25, 0.3) is 10.1 Å². The minimum atomic E-state index is -3.94. The molecule has 6 heteroatoms. The Morgan fingerprint density at radius 2 is 1.08 bits per heavy atom. The molecule has 1 unspecified atom stereocenters. The molecular weight excluding hydrogens is 352 g/mol. The molecule has 0 rings (SSSR count). The van der Waals surface area contributed by atoms with Crippen LogP contribution >= 0.6 is 0 Å². The van der Waals surface area contributed by atoms with Crippen LogP contribution < -0.4 is 0 Å². The van der Waals surface area contributed by atoms with E-state index >= 15 is 0 Å². The van der Waals surface area contributed by atoms with E-state index in [0.717, 1.165) is 12.8 Å². The molecule has 0 aliphatic carbocycles. The van der Waals surface area contributed by atoms with Crippen molar-refractivity contribution in [3.63, 3.8) is 0 Å². The summed E-state index contributed by atoms with van der Waals surface area (Å²) in [6.07, 6.45) is 16.9. The molecule has 2 N–H and O–H groups in total. The fourth-order valence-corrected chi connectivity index (χ4v) is 3.40. The molecule has 0 saturated heterocycles. The summed E-state index contributed by atoms with van der Waals surface area (Å²) >= 11 is 0. The minimum absolute atomic E-state index is 0. The average molecular weight is 393 g/mol. The van der Waals surface area contributed by atoms with Crippen molar-refractivity contribution in [2.75, 3.05) is 5.75 Å². The first-order valence-corrected chi connectivity index (χ1v) is 11.2. The van der Waals surface area contributed by atoms with E-state index < -0.39 is 16.2 Å². The van der Waals surface area contributed by atoms with Crippen molar-refractivity contribution in [2.45, 2.75) is 109 Å². The molecule has 0 aromatic carbocycles. The molecule has 0 spiro atoms. The van der Waals surface area contributed by atoms with E-state index in [1.165, 1.54) is 70.6 Å². The van der Waals surface area contributed by atoms with Crippen LogP contribution in [0.2, 0.25) is 0 Å². The van der Waals surface area contributed by atoms with Gasteiger partial charge in [-0.1, -0.05) is 90.4 Å². The maximum absolute atomic E-state index is 10.6. The first kappa shape index (κ1) is 27.3. The normalized spacial score (nSPS) is 12.8. The summed E-state index contributed by atoms with van der Waals surface area (Å²) in [5.41, 5.74) is 0. The van der Waals surface area contributed by atoms with Crippen molar-refractivity contribution >= 4 is 47.9 Å². The monoisotopic (exact) mass is 392 g/mol. The van der Waals surface area contributed by atoms with Crippen molar-refractivity contribution in [1.29, 1.82) is 0 Å². The Morgan fingerprint density at radius 1 is 0.708 bits per heavy atom. The molecule has 0 aromatic heterocycles. The number of rotatable bonds is 17. The van der Waals surface area contributed by atoms with Crippen LogP contribution in [0.1, 0.15) is 103 Å². The van der Waals surface area contributed by atoms with Crippen molar-refractivity contribution in [1.82, 2.24) is 0 Å². The van der Waals surface area contributed by atoms with E-state index in [0.29, 0.717) is 6.42 Å². The first-order chi connectivity index (χ1) is 11.0. The van der Waals surface area contributed by atoms with Crippen LogP contribution in [0.4, 0.5) is 0 Å². The van der Waals surface area contributed by atoms with Crippen molar-refractivity contribution in [3.8, 4) is 0 Å². The summed E-state index contributed by atoms with van der Waals surface area (Å²) in [6.45, 7) is 2.25. The van der Waals surface area contributed by atoms with Crippen molar-refractivity contribution < 1.29 is 18.1 Å². The fraction of sp³-hybridized carbons (Fsp3) is 1.00. The van der Waals surface area contributed by atoms with Crippen LogP contribution in [0, 0.1) is 0 Å². The summed E-state index contributed by atoms with van der Waals surface area (Å²) < 4.78 is 29.7. The number of aliphatic hydroxyl groups excluding tert-OH is 1. The molecule has 0 bridgehead atoms. The Kier molecular flexibility index (Phi) is 21.5. The Labute approximate surface area is 179 Å². The molecule has 1 atom stereocenters. The number of hydrogen-bond acceptors (Lipinski definition) is 3. The van der Waals surface area contributed by atoms with E-state index in [9.17, 15) is 13.5 Å². The van der Waals surface area contributed by atoms with Gasteiger partial charge in [0.2, 0.25) is 0 Å². The van der Waals surface area contributed by atoms with E-state index in [2.05, 4.69) is 6.92 Å². The van der Waals surface area contributed by atoms with Crippen molar-refractivity contribution in [2.24, 2.45) is 0 Å². The molecule has 0 aliphatic heterocycles. The van der Waals surface area contributed by atoms with Crippen LogP contribution in [-0.4, -0.2) is 67.7 Å². The van der Waals surface area contributed by atoms with Gasteiger partial charge in [0.1, 0.15) is 0 Å². The molecule has 144 valence electrons. The Morgan fingerprint density at radius 3 is 1.46 bits per heavy atom. The molecule has 0 amide bonds. The van der Waals surface area contributed by atoms with Crippen LogP contribution in [0.15, 0.2) is 0 Å². The molecule has 0 radical (unpaired) electrons. The van der Waals surface area contributed by atoms with Gasteiger partial charge in [-0.2, -0.15) is 8.42 Å². The second-order valence-corrected chi connectivity index (χ2v) is 8.33. The standard InChI is InChI=1S/C18H38O4S.Ca.2H/c1-2-3-4-5-6-7-8-9-10-11-12-13-14-15-18(19)16-17-23(20,21)22;;;/h18-19H,2-17H2,1H3,(H,20,21,22);;;. The second-order valence-electron chi connectivity index (χ2n) is 6.76. The zero-order valence-electron chi connectivity index (χ0n) is 15.0. The number of aliphatic hydroxyl groups is 1. The molecule has 0 aliphatic rings.